The van der Waals surface area contributed by atoms with Crippen molar-refractivity contribution in [3.05, 3.63) is 0 Å². The zero-order valence-electron chi connectivity index (χ0n) is 6.39. The Hall–Kier alpha value is 1.38. The average molecular weight is 378 g/mol. The molecule has 0 radical (unpaired) electrons. The van der Waals surface area contributed by atoms with E-state index < -0.39 is 0 Å². The molecule has 1 spiro atoms. The molecule has 0 bridgehead atoms. The van der Waals surface area contributed by atoms with Gasteiger partial charge in [-0.05, 0) is 18.3 Å². The fraction of sp³-hybridized carbons (Fsp3) is 1.00. The highest BCUT2D eigenvalue weighted by atomic mass is 127. The number of halogens is 2. The summed E-state index contributed by atoms with van der Waals surface area (Å²) in [4.78, 5) is 0. The smallest absolute Gasteiger partial charge is 0.0201 e. The topological polar surface area (TPSA) is 6.48 Å². The minimum atomic E-state index is 0.669. The van der Waals surface area contributed by atoms with Crippen molar-refractivity contribution in [3.63, 3.8) is 0 Å². The lowest BCUT2D eigenvalue weighted by Gasteiger charge is -2.20. The van der Waals surface area contributed by atoms with E-state index in [1.54, 1.807) is 0 Å². The second kappa shape index (κ2) is 3.26. The lowest BCUT2D eigenvalue weighted by Crippen LogP contribution is -2.24. The van der Waals surface area contributed by atoms with Gasteiger partial charge in [0.05, 0.1) is 0 Å². The molecule has 0 amide bonds. The van der Waals surface area contributed by atoms with Gasteiger partial charge in [0.15, 0.2) is 0 Å². The molecule has 2 heterocycles. The van der Waals surface area contributed by atoms with Gasteiger partial charge < -0.3 is 0 Å². The van der Waals surface area contributed by atoms with Crippen molar-refractivity contribution in [2.45, 2.75) is 12.8 Å². The first-order chi connectivity index (χ1) is 5.20. The van der Waals surface area contributed by atoms with E-state index >= 15 is 0 Å². The minimum Gasteiger partial charge on any atom is -0.247 e. The Labute approximate surface area is 95.7 Å². The van der Waals surface area contributed by atoms with Crippen molar-refractivity contribution in [1.29, 1.82) is 0 Å². The molecule has 2 fully saturated rings. The lowest BCUT2D eigenvalue weighted by atomic mass is 9.87. The van der Waals surface area contributed by atoms with Crippen LogP contribution >= 0.6 is 45.7 Å². The fourth-order valence-corrected chi connectivity index (χ4v) is 4.02. The molecule has 0 aromatic carbocycles. The van der Waals surface area contributed by atoms with Crippen molar-refractivity contribution < 1.29 is 0 Å². The van der Waals surface area contributed by atoms with Crippen molar-refractivity contribution >= 4 is 45.7 Å². The standard InChI is InChI=1S/C7H12I2N2/c8-10-3-1-7(5-10)2-4-11(9)6-7/h1-6H2. The molecular weight excluding hydrogens is 366 g/mol. The molecule has 0 N–H and O–H groups in total. The number of hydrogen-bond acceptors (Lipinski definition) is 2. The molecule has 2 aliphatic heterocycles. The zero-order chi connectivity index (χ0) is 7.90. The Bertz CT molecular complexity index is 145. The van der Waals surface area contributed by atoms with Crippen LogP contribution in [-0.2, 0) is 0 Å². The van der Waals surface area contributed by atoms with Crippen LogP contribution in [0.1, 0.15) is 12.8 Å². The Morgan fingerprint density at radius 3 is 1.64 bits per heavy atom. The molecule has 2 saturated heterocycles. The Morgan fingerprint density at radius 2 is 1.36 bits per heavy atom. The van der Waals surface area contributed by atoms with Gasteiger partial charge >= 0.3 is 0 Å². The van der Waals surface area contributed by atoms with Gasteiger partial charge in [0.25, 0.3) is 0 Å². The number of nitrogens with zero attached hydrogens (tertiary/aromatic N) is 2. The molecule has 4 heteroatoms. The molecule has 0 saturated carbocycles. The SMILES string of the molecule is IN1CCC2(CCN(I)C2)C1. The molecular formula is C7H12I2N2. The fourth-order valence-electron chi connectivity index (χ4n) is 2.09. The predicted molar refractivity (Wildman–Crippen MR) is 62.9 cm³/mol. The second-order valence-corrected chi connectivity index (χ2v) is 6.42. The molecule has 2 aliphatic rings. The first-order valence-corrected chi connectivity index (χ1v) is 5.95. The number of hydrogen-bond donors (Lipinski definition) is 0. The van der Waals surface area contributed by atoms with E-state index in [-0.39, 0.29) is 0 Å². The molecule has 2 rings (SSSR count). The summed E-state index contributed by atoms with van der Waals surface area (Å²) in [6.07, 6.45) is 2.82. The molecule has 0 atom stereocenters. The third-order valence-corrected chi connectivity index (χ3v) is 4.43. The summed E-state index contributed by atoms with van der Waals surface area (Å²) in [6.45, 7) is 5.22. The highest BCUT2D eigenvalue weighted by Gasteiger charge is 2.42. The molecule has 0 aliphatic carbocycles. The maximum atomic E-state index is 2.45. The van der Waals surface area contributed by atoms with Gasteiger partial charge in [-0.1, -0.05) is 0 Å². The van der Waals surface area contributed by atoms with Crippen molar-refractivity contribution in [1.82, 2.24) is 6.23 Å². The first kappa shape index (κ1) is 8.96. The van der Waals surface area contributed by atoms with Crippen LogP contribution in [-0.4, -0.2) is 32.4 Å². The Morgan fingerprint density at radius 1 is 0.909 bits per heavy atom. The maximum absolute atomic E-state index is 2.45. The van der Waals surface area contributed by atoms with Crippen molar-refractivity contribution in [3.8, 4) is 0 Å². The summed E-state index contributed by atoms with van der Waals surface area (Å²) in [5.74, 6) is 0. The van der Waals surface area contributed by atoms with Crippen molar-refractivity contribution in [2.24, 2.45) is 5.41 Å². The largest absolute Gasteiger partial charge is 0.247 e. The van der Waals surface area contributed by atoms with Crippen LogP contribution in [0.4, 0.5) is 0 Å². The molecule has 0 unspecified atom stereocenters. The van der Waals surface area contributed by atoms with Gasteiger partial charge in [-0.15, -0.1) is 0 Å². The minimum absolute atomic E-state index is 0.669. The summed E-state index contributed by atoms with van der Waals surface area (Å²) >= 11 is 4.90. The van der Waals surface area contributed by atoms with E-state index in [0.717, 1.165) is 0 Å². The molecule has 2 nitrogen and oxygen atoms in total. The van der Waals surface area contributed by atoms with Crippen LogP contribution in [0.5, 0.6) is 0 Å². The third-order valence-electron chi connectivity index (χ3n) is 2.78. The predicted octanol–water partition coefficient (Wildman–Crippen LogP) is 2.08. The van der Waals surface area contributed by atoms with E-state index in [1.807, 2.05) is 0 Å². The van der Waals surface area contributed by atoms with Crippen LogP contribution in [0.25, 0.3) is 0 Å². The summed E-state index contributed by atoms with van der Waals surface area (Å²) in [5.41, 5.74) is 0.669. The van der Waals surface area contributed by atoms with Gasteiger partial charge in [-0.2, -0.15) is 0 Å². The van der Waals surface area contributed by atoms with Gasteiger partial charge in [0.2, 0.25) is 0 Å². The van der Waals surface area contributed by atoms with Crippen molar-refractivity contribution in [2.75, 3.05) is 26.2 Å². The zero-order valence-corrected chi connectivity index (χ0v) is 10.7. The second-order valence-electron chi connectivity index (χ2n) is 3.69. The normalized spacial score (nSPS) is 32.2. The quantitative estimate of drug-likeness (QED) is 0.471. The summed E-state index contributed by atoms with van der Waals surface area (Å²) in [7, 11) is 0. The van der Waals surface area contributed by atoms with E-state index in [9.17, 15) is 0 Å². The van der Waals surface area contributed by atoms with Crippen LogP contribution < -0.4 is 0 Å². The van der Waals surface area contributed by atoms with E-state index in [2.05, 4.69) is 52.0 Å². The van der Waals surface area contributed by atoms with Gasteiger partial charge in [0, 0.05) is 71.9 Å². The molecule has 11 heavy (non-hydrogen) atoms. The summed E-state index contributed by atoms with van der Waals surface area (Å²) < 4.78 is 4.88. The highest BCUT2D eigenvalue weighted by Crippen LogP contribution is 2.41. The van der Waals surface area contributed by atoms with Crippen LogP contribution in [0.2, 0.25) is 0 Å². The van der Waals surface area contributed by atoms with Crippen LogP contribution in [0.15, 0.2) is 0 Å². The first-order valence-electron chi connectivity index (χ1n) is 4.02. The lowest BCUT2D eigenvalue weighted by molar-refractivity contribution is 0.339. The third kappa shape index (κ3) is 1.83. The Kier molecular flexibility index (Phi) is 2.66. The monoisotopic (exact) mass is 378 g/mol. The van der Waals surface area contributed by atoms with Crippen LogP contribution in [0.3, 0.4) is 0 Å². The van der Waals surface area contributed by atoms with E-state index in [0.29, 0.717) is 5.41 Å². The summed E-state index contributed by atoms with van der Waals surface area (Å²) in [6, 6.07) is 0. The number of rotatable bonds is 0. The maximum Gasteiger partial charge on any atom is 0.0201 e. The molecule has 0 aromatic heterocycles. The van der Waals surface area contributed by atoms with Gasteiger partial charge in [-0.3, -0.25) is 0 Å². The van der Waals surface area contributed by atoms with Gasteiger partial charge in [-0.25, -0.2) is 6.23 Å². The van der Waals surface area contributed by atoms with Crippen LogP contribution in [0, 0.1) is 5.41 Å². The Balaban J connectivity index is 2.02. The van der Waals surface area contributed by atoms with E-state index in [4.69, 9.17) is 0 Å². The highest BCUT2D eigenvalue weighted by molar-refractivity contribution is 14.1. The average Bonchev–Trinajstić information content (AvgIpc) is 2.44. The van der Waals surface area contributed by atoms with Gasteiger partial charge in [0.1, 0.15) is 0 Å². The molecule has 0 aromatic rings. The molecule has 64 valence electrons. The summed E-state index contributed by atoms with van der Waals surface area (Å²) in [5, 5.41) is 0. The van der Waals surface area contributed by atoms with E-state index in [1.165, 1.54) is 39.0 Å².